The summed E-state index contributed by atoms with van der Waals surface area (Å²) in [4.78, 5) is 11.7. The van der Waals surface area contributed by atoms with Crippen LogP contribution < -0.4 is 4.72 Å². The number of esters is 1. The first-order valence-electron chi connectivity index (χ1n) is 6.46. The van der Waals surface area contributed by atoms with E-state index in [1.165, 1.54) is 4.72 Å². The highest BCUT2D eigenvalue weighted by molar-refractivity contribution is 7.90. The lowest BCUT2D eigenvalue weighted by atomic mass is 10.0. The van der Waals surface area contributed by atoms with Gasteiger partial charge < -0.3 is 4.74 Å². The summed E-state index contributed by atoms with van der Waals surface area (Å²) in [6, 6.07) is 0. The summed E-state index contributed by atoms with van der Waals surface area (Å²) in [7, 11) is -5.37. The average molecular weight is 317 g/mol. The number of hydrogen-bond donors (Lipinski definition) is 1. The molecule has 1 saturated carbocycles. The van der Waals surface area contributed by atoms with Gasteiger partial charge in [-0.2, -0.15) is 13.2 Å². The molecule has 0 heterocycles. The second-order valence-corrected chi connectivity index (χ2v) is 6.46. The van der Waals surface area contributed by atoms with Crippen LogP contribution in [0.1, 0.15) is 38.5 Å². The molecule has 0 aromatic heterocycles. The van der Waals surface area contributed by atoms with Gasteiger partial charge in [0.25, 0.3) is 0 Å². The Balaban J connectivity index is 2.28. The van der Waals surface area contributed by atoms with E-state index in [1.54, 1.807) is 0 Å². The van der Waals surface area contributed by atoms with E-state index in [9.17, 15) is 26.4 Å². The fourth-order valence-corrected chi connectivity index (χ4v) is 2.56. The fourth-order valence-electron chi connectivity index (χ4n) is 2.04. The Hall–Kier alpha value is -0.830. The van der Waals surface area contributed by atoms with Gasteiger partial charge in [0, 0.05) is 6.54 Å². The molecule has 0 aromatic rings. The first kappa shape index (κ1) is 17.2. The highest BCUT2D eigenvalue weighted by Crippen LogP contribution is 2.24. The van der Waals surface area contributed by atoms with Crippen LogP contribution in [0, 0.1) is 5.92 Å². The predicted molar refractivity (Wildman–Crippen MR) is 65.1 cm³/mol. The number of carbonyl (C=O) groups is 1. The Bertz CT molecular complexity index is 414. The summed E-state index contributed by atoms with van der Waals surface area (Å²) in [5.41, 5.74) is -5.35. The third-order valence-corrected chi connectivity index (χ3v) is 4.33. The molecule has 0 unspecified atom stereocenters. The lowest BCUT2D eigenvalue weighted by molar-refractivity contribution is -0.148. The molecule has 1 fully saturated rings. The minimum absolute atomic E-state index is 0.225. The molecular weight excluding hydrogens is 299 g/mol. The standard InChI is InChI=1S/C11H18F3NO4S/c12-11(13,14)20(17,18)15-7-8-19-10(16)9-5-3-1-2-4-6-9/h9,15H,1-8H2. The summed E-state index contributed by atoms with van der Waals surface area (Å²) < 4.78 is 63.5. The van der Waals surface area contributed by atoms with Gasteiger partial charge in [-0.3, -0.25) is 4.79 Å². The number of nitrogens with one attached hydrogen (secondary N) is 1. The van der Waals surface area contributed by atoms with Crippen LogP contribution >= 0.6 is 0 Å². The molecule has 0 aliphatic heterocycles. The molecule has 0 spiro atoms. The Kier molecular flexibility index (Phi) is 6.25. The summed E-state index contributed by atoms with van der Waals surface area (Å²) >= 11 is 0. The Morgan fingerprint density at radius 1 is 1.15 bits per heavy atom. The van der Waals surface area contributed by atoms with Gasteiger partial charge in [-0.25, -0.2) is 13.1 Å². The van der Waals surface area contributed by atoms with Crippen molar-refractivity contribution in [3.63, 3.8) is 0 Å². The summed E-state index contributed by atoms with van der Waals surface area (Å²) in [6.45, 7) is -0.981. The number of hydrogen-bond acceptors (Lipinski definition) is 4. The highest BCUT2D eigenvalue weighted by atomic mass is 32.2. The highest BCUT2D eigenvalue weighted by Gasteiger charge is 2.45. The molecule has 0 aromatic carbocycles. The number of alkyl halides is 3. The molecule has 0 bridgehead atoms. The van der Waals surface area contributed by atoms with E-state index in [-0.39, 0.29) is 5.92 Å². The monoisotopic (exact) mass is 317 g/mol. The zero-order valence-electron chi connectivity index (χ0n) is 10.9. The van der Waals surface area contributed by atoms with Crippen molar-refractivity contribution in [1.29, 1.82) is 0 Å². The SMILES string of the molecule is O=C(OCCNS(=O)(=O)C(F)(F)F)C1CCCCCC1. The Morgan fingerprint density at radius 2 is 1.70 bits per heavy atom. The number of rotatable bonds is 5. The van der Waals surface area contributed by atoms with E-state index in [0.29, 0.717) is 12.8 Å². The summed E-state index contributed by atoms with van der Waals surface area (Å²) in [5.74, 6) is -0.685. The lowest BCUT2D eigenvalue weighted by Gasteiger charge is -2.14. The fraction of sp³-hybridized carbons (Fsp3) is 0.909. The zero-order chi connectivity index (χ0) is 15.2. The summed E-state index contributed by atoms with van der Waals surface area (Å²) in [6.07, 6.45) is 5.42. The van der Waals surface area contributed by atoms with Crippen LogP contribution in [-0.2, 0) is 19.6 Å². The number of halogens is 3. The van der Waals surface area contributed by atoms with Crippen LogP contribution in [-0.4, -0.2) is 33.0 Å². The van der Waals surface area contributed by atoms with Crippen molar-refractivity contribution in [2.24, 2.45) is 5.92 Å². The van der Waals surface area contributed by atoms with Gasteiger partial charge in [0.2, 0.25) is 0 Å². The van der Waals surface area contributed by atoms with Crippen LogP contribution in [0.25, 0.3) is 0 Å². The summed E-state index contributed by atoms with van der Waals surface area (Å²) in [5, 5.41) is 0. The molecule has 1 aliphatic rings. The predicted octanol–water partition coefficient (Wildman–Crippen LogP) is 1.94. The smallest absolute Gasteiger partial charge is 0.464 e. The van der Waals surface area contributed by atoms with Crippen molar-refractivity contribution in [1.82, 2.24) is 4.72 Å². The molecule has 0 amide bonds. The molecule has 0 saturated heterocycles. The van der Waals surface area contributed by atoms with Crippen LogP contribution in [0.15, 0.2) is 0 Å². The third-order valence-electron chi connectivity index (χ3n) is 3.13. The molecule has 1 aliphatic carbocycles. The van der Waals surface area contributed by atoms with Gasteiger partial charge in [-0.05, 0) is 12.8 Å². The van der Waals surface area contributed by atoms with Crippen molar-refractivity contribution in [2.75, 3.05) is 13.2 Å². The van der Waals surface area contributed by atoms with Gasteiger partial charge >= 0.3 is 21.5 Å². The second kappa shape index (κ2) is 7.26. The number of carbonyl (C=O) groups excluding carboxylic acids is 1. The maximum absolute atomic E-state index is 12.0. The van der Waals surface area contributed by atoms with Crippen molar-refractivity contribution in [2.45, 2.75) is 44.0 Å². The zero-order valence-corrected chi connectivity index (χ0v) is 11.7. The van der Waals surface area contributed by atoms with Gasteiger partial charge in [-0.15, -0.1) is 0 Å². The first-order chi connectivity index (χ1) is 9.24. The lowest BCUT2D eigenvalue weighted by Crippen LogP contribution is -2.38. The van der Waals surface area contributed by atoms with E-state index in [4.69, 9.17) is 4.74 Å². The van der Waals surface area contributed by atoms with Crippen LogP contribution in [0.4, 0.5) is 13.2 Å². The van der Waals surface area contributed by atoms with Crippen molar-refractivity contribution in [3.8, 4) is 0 Å². The maximum atomic E-state index is 12.0. The molecule has 118 valence electrons. The minimum Gasteiger partial charge on any atom is -0.464 e. The van der Waals surface area contributed by atoms with Crippen molar-refractivity contribution >= 4 is 16.0 Å². The Morgan fingerprint density at radius 3 is 2.20 bits per heavy atom. The van der Waals surface area contributed by atoms with Crippen molar-refractivity contribution < 1.29 is 31.1 Å². The van der Waals surface area contributed by atoms with E-state index < -0.39 is 34.7 Å². The topological polar surface area (TPSA) is 72.5 Å². The largest absolute Gasteiger partial charge is 0.511 e. The normalized spacial score (nSPS) is 18.6. The maximum Gasteiger partial charge on any atom is 0.511 e. The van der Waals surface area contributed by atoms with Crippen LogP contribution in [0.5, 0.6) is 0 Å². The molecule has 0 atom stereocenters. The molecule has 1 N–H and O–H groups in total. The van der Waals surface area contributed by atoms with Crippen molar-refractivity contribution in [3.05, 3.63) is 0 Å². The molecule has 5 nitrogen and oxygen atoms in total. The number of sulfonamides is 1. The van der Waals surface area contributed by atoms with Gasteiger partial charge in [0.05, 0.1) is 5.92 Å². The van der Waals surface area contributed by atoms with E-state index in [2.05, 4.69) is 0 Å². The molecule has 1 rings (SSSR count). The van der Waals surface area contributed by atoms with Crippen LogP contribution in [0.3, 0.4) is 0 Å². The van der Waals surface area contributed by atoms with E-state index in [0.717, 1.165) is 25.7 Å². The first-order valence-corrected chi connectivity index (χ1v) is 7.95. The molecule has 0 radical (unpaired) electrons. The van der Waals surface area contributed by atoms with Gasteiger partial charge in [0.15, 0.2) is 0 Å². The second-order valence-electron chi connectivity index (χ2n) is 4.70. The quantitative estimate of drug-likeness (QED) is 0.478. The molecule has 20 heavy (non-hydrogen) atoms. The molecule has 9 heteroatoms. The molecular formula is C11H18F3NO4S. The average Bonchev–Trinajstić information content (AvgIpc) is 2.61. The van der Waals surface area contributed by atoms with Crippen LogP contribution in [0.2, 0.25) is 0 Å². The minimum atomic E-state index is -5.37. The van der Waals surface area contributed by atoms with E-state index >= 15 is 0 Å². The Labute approximate surface area is 115 Å². The van der Waals surface area contributed by atoms with Gasteiger partial charge in [-0.1, -0.05) is 25.7 Å². The van der Waals surface area contributed by atoms with Gasteiger partial charge in [0.1, 0.15) is 6.61 Å². The third kappa shape index (κ3) is 5.28. The number of ether oxygens (including phenoxy) is 1. The van der Waals surface area contributed by atoms with E-state index in [1.807, 2.05) is 0 Å².